The maximum absolute atomic E-state index is 15.4. The Balaban J connectivity index is 1.37. The number of carbonyl (C=O) groups excluding carboxylic acids is 2. The minimum atomic E-state index is -0.592. The minimum absolute atomic E-state index is 0.0132. The fraction of sp³-hybridized carbons (Fsp3) is 0.231. The Morgan fingerprint density at radius 1 is 1.17 bits per heavy atom. The molecule has 0 bridgehead atoms. The highest BCUT2D eigenvalue weighted by Gasteiger charge is 2.20. The number of rotatable bonds is 5. The third-order valence-electron chi connectivity index (χ3n) is 5.96. The number of amides is 2. The van der Waals surface area contributed by atoms with Crippen LogP contribution in [0.4, 0.5) is 14.9 Å². The molecule has 0 spiro atoms. The zero-order valence-electron chi connectivity index (χ0n) is 19.9. The predicted octanol–water partition coefficient (Wildman–Crippen LogP) is 3.99. The molecule has 1 saturated heterocycles. The van der Waals surface area contributed by atoms with Crippen LogP contribution >= 0.6 is 0 Å². The number of nitrogens with zero attached hydrogens (tertiary/aromatic N) is 4. The molecule has 3 heterocycles. The molecular weight excluding hydrogens is 463 g/mol. The number of piperazine rings is 1. The van der Waals surface area contributed by atoms with Crippen molar-refractivity contribution in [1.82, 2.24) is 24.8 Å². The molecule has 1 aliphatic heterocycles. The maximum Gasteiger partial charge on any atom is 0.330 e. The molecule has 2 amide bonds. The minimum Gasteiger partial charge on any atom is -0.436 e. The van der Waals surface area contributed by atoms with Crippen LogP contribution in [-0.4, -0.2) is 51.0 Å². The van der Waals surface area contributed by atoms with Crippen LogP contribution in [0.25, 0.3) is 10.9 Å². The summed E-state index contributed by atoms with van der Waals surface area (Å²) in [4.78, 5) is 34.9. The molecular formula is C26H25FN6O3. The van der Waals surface area contributed by atoms with Crippen molar-refractivity contribution in [3.63, 3.8) is 0 Å². The first-order valence-electron chi connectivity index (χ1n) is 11.5. The first-order chi connectivity index (χ1) is 17.4. The van der Waals surface area contributed by atoms with Gasteiger partial charge < -0.3 is 15.4 Å². The molecule has 4 aromatic rings. The van der Waals surface area contributed by atoms with Gasteiger partial charge in [0.2, 0.25) is 11.8 Å². The lowest BCUT2D eigenvalue weighted by atomic mass is 10.2. The molecule has 5 rings (SSSR count). The van der Waals surface area contributed by atoms with Gasteiger partial charge in [-0.2, -0.15) is 0 Å². The monoisotopic (exact) mass is 488 g/mol. The van der Waals surface area contributed by atoms with Crippen LogP contribution in [0.2, 0.25) is 0 Å². The summed E-state index contributed by atoms with van der Waals surface area (Å²) < 4.78 is 22.6. The Morgan fingerprint density at radius 3 is 2.83 bits per heavy atom. The van der Waals surface area contributed by atoms with Crippen molar-refractivity contribution in [2.24, 2.45) is 0 Å². The molecule has 1 aliphatic rings. The number of aromatic nitrogens is 3. The van der Waals surface area contributed by atoms with Gasteiger partial charge in [-0.05, 0) is 49.7 Å². The van der Waals surface area contributed by atoms with Gasteiger partial charge in [-0.1, -0.05) is 12.1 Å². The summed E-state index contributed by atoms with van der Waals surface area (Å²) in [5.74, 6) is -0.448. The van der Waals surface area contributed by atoms with Crippen LogP contribution < -0.4 is 15.4 Å². The van der Waals surface area contributed by atoms with E-state index in [-0.39, 0.29) is 29.0 Å². The van der Waals surface area contributed by atoms with E-state index < -0.39 is 5.82 Å². The molecule has 0 unspecified atom stereocenters. The number of hydrogen-bond acceptors (Lipinski definition) is 6. The number of halogens is 1. The lowest BCUT2D eigenvalue weighted by molar-refractivity contribution is -0.124. The van der Waals surface area contributed by atoms with Crippen molar-refractivity contribution in [3.05, 3.63) is 77.6 Å². The molecule has 184 valence electrons. The van der Waals surface area contributed by atoms with Gasteiger partial charge in [0, 0.05) is 42.5 Å². The molecule has 2 aromatic carbocycles. The van der Waals surface area contributed by atoms with E-state index >= 15 is 4.39 Å². The summed E-state index contributed by atoms with van der Waals surface area (Å²) in [6.07, 6.45) is 1.35. The largest absolute Gasteiger partial charge is 0.436 e. The van der Waals surface area contributed by atoms with Crippen molar-refractivity contribution in [2.75, 3.05) is 25.0 Å². The Labute approximate surface area is 206 Å². The highest BCUT2D eigenvalue weighted by Crippen LogP contribution is 2.32. The van der Waals surface area contributed by atoms with Gasteiger partial charge in [-0.15, -0.1) is 0 Å². The second-order valence-electron chi connectivity index (χ2n) is 8.74. The van der Waals surface area contributed by atoms with Gasteiger partial charge >= 0.3 is 6.03 Å². The van der Waals surface area contributed by atoms with Gasteiger partial charge in [0.25, 0.3) is 0 Å². The molecule has 0 saturated carbocycles. The third-order valence-corrected chi connectivity index (χ3v) is 5.96. The molecule has 1 fully saturated rings. The zero-order valence-corrected chi connectivity index (χ0v) is 19.9. The molecule has 0 atom stereocenters. The van der Waals surface area contributed by atoms with Crippen LogP contribution in [0.5, 0.6) is 11.6 Å². The van der Waals surface area contributed by atoms with Crippen molar-refractivity contribution < 1.29 is 18.7 Å². The molecule has 36 heavy (non-hydrogen) atoms. The first kappa shape index (κ1) is 23.4. The van der Waals surface area contributed by atoms with Gasteiger partial charge in [0.05, 0.1) is 17.8 Å². The fourth-order valence-corrected chi connectivity index (χ4v) is 4.30. The molecule has 2 N–H and O–H groups in total. The van der Waals surface area contributed by atoms with Gasteiger partial charge in [0.1, 0.15) is 6.33 Å². The number of benzene rings is 2. The third kappa shape index (κ3) is 4.89. The summed E-state index contributed by atoms with van der Waals surface area (Å²) in [6.45, 7) is 5.72. The highest BCUT2D eigenvalue weighted by atomic mass is 19.1. The number of ether oxygens (including phenoxy) is 1. The van der Waals surface area contributed by atoms with E-state index in [1.165, 1.54) is 17.0 Å². The van der Waals surface area contributed by atoms with Gasteiger partial charge in [-0.25, -0.2) is 19.2 Å². The van der Waals surface area contributed by atoms with Crippen LogP contribution in [-0.2, 0) is 11.3 Å². The molecule has 9 nitrogen and oxygen atoms in total. The van der Waals surface area contributed by atoms with E-state index in [0.717, 1.165) is 5.56 Å². The topological polar surface area (TPSA) is 101 Å². The van der Waals surface area contributed by atoms with E-state index in [0.29, 0.717) is 48.8 Å². The van der Waals surface area contributed by atoms with Crippen LogP contribution in [0.3, 0.4) is 0 Å². The quantitative estimate of drug-likeness (QED) is 0.441. The van der Waals surface area contributed by atoms with E-state index in [4.69, 9.17) is 4.74 Å². The molecule has 0 radical (unpaired) electrons. The summed E-state index contributed by atoms with van der Waals surface area (Å²) in [7, 11) is 0. The lowest BCUT2D eigenvalue weighted by Crippen LogP contribution is -2.47. The zero-order chi connectivity index (χ0) is 25.2. The number of hydrogen-bond donors (Lipinski definition) is 2. The molecule has 0 aliphatic carbocycles. The van der Waals surface area contributed by atoms with Crippen molar-refractivity contribution in [2.45, 2.75) is 20.4 Å². The summed E-state index contributed by atoms with van der Waals surface area (Å²) in [5, 5.41) is 5.90. The number of aryl methyl sites for hydroxylation is 2. The van der Waals surface area contributed by atoms with E-state index in [1.54, 1.807) is 31.2 Å². The maximum atomic E-state index is 15.4. The normalized spacial score (nSPS) is 14.0. The standard InChI is InChI=1S/C26H25FN6O3/c1-16-4-3-5-18(10-16)31-26(35)33-17(2)11-20-21(33)6-7-22(25(20)27)36-24-12-19(29-15-30-24)13-32-9-8-28-23(34)14-32/h3-7,10-12,15H,8-9,13-14H2,1-2H3,(H,28,34)(H,31,35). The highest BCUT2D eigenvalue weighted by molar-refractivity contribution is 6.00. The molecule has 2 aromatic heterocycles. The average Bonchev–Trinajstić information content (AvgIpc) is 3.18. The fourth-order valence-electron chi connectivity index (χ4n) is 4.30. The smallest absolute Gasteiger partial charge is 0.330 e. The Bertz CT molecular complexity index is 1470. The van der Waals surface area contributed by atoms with Crippen LogP contribution in [0, 0.1) is 19.7 Å². The number of nitrogens with one attached hydrogen (secondary N) is 2. The van der Waals surface area contributed by atoms with Crippen molar-refractivity contribution in [3.8, 4) is 11.6 Å². The number of carbonyl (C=O) groups is 2. The Morgan fingerprint density at radius 2 is 2.03 bits per heavy atom. The predicted molar refractivity (Wildman–Crippen MR) is 133 cm³/mol. The Kier molecular flexibility index (Phi) is 6.34. The average molecular weight is 489 g/mol. The van der Waals surface area contributed by atoms with E-state index in [9.17, 15) is 9.59 Å². The van der Waals surface area contributed by atoms with Crippen LogP contribution in [0.1, 0.15) is 17.0 Å². The van der Waals surface area contributed by atoms with Crippen molar-refractivity contribution >= 4 is 28.5 Å². The number of anilines is 1. The van der Waals surface area contributed by atoms with E-state index in [1.807, 2.05) is 30.0 Å². The summed E-state index contributed by atoms with van der Waals surface area (Å²) >= 11 is 0. The summed E-state index contributed by atoms with van der Waals surface area (Å²) in [6, 6.07) is 13.4. The van der Waals surface area contributed by atoms with Gasteiger partial charge in [-0.3, -0.25) is 14.3 Å². The summed E-state index contributed by atoms with van der Waals surface area (Å²) in [5.41, 5.74) is 3.34. The SMILES string of the molecule is Cc1cccc(NC(=O)n2c(C)cc3c(F)c(Oc4cc(CN5CCNC(=O)C5)ncn4)ccc32)c1. The van der Waals surface area contributed by atoms with Gasteiger partial charge in [0.15, 0.2) is 11.6 Å². The number of fused-ring (bicyclic) bond motifs is 1. The molecule has 10 heteroatoms. The second-order valence-corrected chi connectivity index (χ2v) is 8.74. The first-order valence-corrected chi connectivity index (χ1v) is 11.5. The lowest BCUT2D eigenvalue weighted by Gasteiger charge is -2.25. The Hall–Kier alpha value is -4.31. The van der Waals surface area contributed by atoms with E-state index in [2.05, 4.69) is 20.6 Å². The van der Waals surface area contributed by atoms with Crippen molar-refractivity contribution in [1.29, 1.82) is 0 Å². The second kappa shape index (κ2) is 9.74. The van der Waals surface area contributed by atoms with Crippen LogP contribution in [0.15, 0.2) is 54.9 Å².